The first kappa shape index (κ1) is 12.1. The van der Waals surface area contributed by atoms with Crippen molar-refractivity contribution < 1.29 is 9.47 Å². The molecule has 0 saturated carbocycles. The summed E-state index contributed by atoms with van der Waals surface area (Å²) in [5.41, 5.74) is 0. The Morgan fingerprint density at radius 2 is 2.44 bits per heavy atom. The third-order valence-corrected chi connectivity index (χ3v) is 3.92. The molecule has 2 aliphatic rings. The van der Waals surface area contributed by atoms with Crippen LogP contribution in [-0.4, -0.2) is 54.0 Å². The summed E-state index contributed by atoms with van der Waals surface area (Å²) in [6.45, 7) is 5.58. The molecule has 1 aromatic heterocycles. The molecule has 18 heavy (non-hydrogen) atoms. The van der Waals surface area contributed by atoms with Crippen LogP contribution < -0.4 is 0 Å². The fraction of sp³-hybridized carbons (Fsp3) is 0.769. The highest BCUT2D eigenvalue weighted by Crippen LogP contribution is 2.21. The first-order valence-electron chi connectivity index (χ1n) is 6.67. The number of fused-ring (bicyclic) bond motifs is 1. The Labute approximate surface area is 108 Å². The van der Waals surface area contributed by atoms with Gasteiger partial charge in [0, 0.05) is 51.2 Å². The molecule has 1 fully saturated rings. The summed E-state index contributed by atoms with van der Waals surface area (Å²) in [5.74, 6) is 1.70. The van der Waals surface area contributed by atoms with Crippen molar-refractivity contribution in [2.45, 2.75) is 25.6 Å². The van der Waals surface area contributed by atoms with E-state index in [0.717, 1.165) is 45.9 Å². The summed E-state index contributed by atoms with van der Waals surface area (Å²) in [6.07, 6.45) is 5.11. The van der Waals surface area contributed by atoms with Gasteiger partial charge in [-0.3, -0.25) is 4.90 Å². The van der Waals surface area contributed by atoms with Crippen LogP contribution in [0.2, 0.25) is 0 Å². The summed E-state index contributed by atoms with van der Waals surface area (Å²) < 4.78 is 13.1. The van der Waals surface area contributed by atoms with Crippen molar-refractivity contribution in [2.24, 2.45) is 5.92 Å². The van der Waals surface area contributed by atoms with Crippen LogP contribution >= 0.6 is 0 Å². The number of hydrogen-bond donors (Lipinski definition) is 0. The largest absolute Gasteiger partial charge is 0.384 e. The lowest BCUT2D eigenvalue weighted by Gasteiger charge is -2.28. The third kappa shape index (κ3) is 2.43. The minimum absolute atomic E-state index is 0.533. The Morgan fingerprint density at radius 3 is 3.22 bits per heavy atom. The molecular formula is C13H21N3O2. The molecular weight excluding hydrogens is 230 g/mol. The molecule has 0 aromatic carbocycles. The molecule has 1 saturated heterocycles. The van der Waals surface area contributed by atoms with Crippen LogP contribution in [0.5, 0.6) is 0 Å². The third-order valence-electron chi connectivity index (χ3n) is 3.92. The average molecular weight is 251 g/mol. The van der Waals surface area contributed by atoms with Crippen molar-refractivity contribution in [2.75, 3.05) is 33.5 Å². The standard InChI is InChI=1S/C13H21N3O2/c1-17-9-11-6-15-4-3-14-13(15)8-16(7-11)12-2-5-18-10-12/h3-4,11-12H,2,5-10H2,1H3/t11-,12-/m0/s1. The summed E-state index contributed by atoms with van der Waals surface area (Å²) in [5, 5.41) is 0. The molecule has 3 heterocycles. The molecule has 5 heteroatoms. The zero-order chi connectivity index (χ0) is 12.4. The second-order valence-corrected chi connectivity index (χ2v) is 5.26. The molecule has 0 bridgehead atoms. The fourth-order valence-electron chi connectivity index (χ4n) is 3.00. The van der Waals surface area contributed by atoms with Gasteiger partial charge in [0.2, 0.25) is 0 Å². The minimum atomic E-state index is 0.533. The molecule has 0 radical (unpaired) electrons. The van der Waals surface area contributed by atoms with E-state index in [1.807, 2.05) is 6.20 Å². The van der Waals surface area contributed by atoms with Crippen molar-refractivity contribution >= 4 is 0 Å². The van der Waals surface area contributed by atoms with Crippen LogP contribution in [0.4, 0.5) is 0 Å². The molecule has 0 N–H and O–H groups in total. The van der Waals surface area contributed by atoms with Crippen LogP contribution in [0, 0.1) is 5.92 Å². The number of aromatic nitrogens is 2. The summed E-state index contributed by atoms with van der Waals surface area (Å²) >= 11 is 0. The number of ether oxygens (including phenoxy) is 2. The molecule has 2 atom stereocenters. The Morgan fingerprint density at radius 1 is 1.50 bits per heavy atom. The number of rotatable bonds is 3. The topological polar surface area (TPSA) is 39.5 Å². The van der Waals surface area contributed by atoms with Gasteiger partial charge in [-0.05, 0) is 6.42 Å². The van der Waals surface area contributed by atoms with E-state index in [2.05, 4.69) is 20.6 Å². The molecule has 5 nitrogen and oxygen atoms in total. The predicted octanol–water partition coefficient (Wildman–Crippen LogP) is 0.750. The number of methoxy groups -OCH3 is 1. The Balaban J connectivity index is 1.78. The monoisotopic (exact) mass is 251 g/mol. The van der Waals surface area contributed by atoms with Gasteiger partial charge in [0.15, 0.2) is 0 Å². The fourth-order valence-corrected chi connectivity index (χ4v) is 3.00. The number of hydrogen-bond acceptors (Lipinski definition) is 4. The lowest BCUT2D eigenvalue weighted by molar-refractivity contribution is 0.0902. The molecule has 2 aliphatic heterocycles. The Hall–Kier alpha value is -0.910. The summed E-state index contributed by atoms with van der Waals surface area (Å²) in [6, 6.07) is 0.549. The first-order chi connectivity index (χ1) is 8.86. The minimum Gasteiger partial charge on any atom is -0.384 e. The molecule has 1 aromatic rings. The summed E-state index contributed by atoms with van der Waals surface area (Å²) in [7, 11) is 1.78. The highest BCUT2D eigenvalue weighted by molar-refractivity contribution is 4.97. The quantitative estimate of drug-likeness (QED) is 0.795. The van der Waals surface area contributed by atoms with Gasteiger partial charge >= 0.3 is 0 Å². The SMILES string of the molecule is COC[C@@H]1CN([C@H]2CCOC2)Cc2nccn2C1. The molecule has 0 spiro atoms. The lowest BCUT2D eigenvalue weighted by Crippen LogP contribution is -2.38. The van der Waals surface area contributed by atoms with Crippen LogP contribution in [0.25, 0.3) is 0 Å². The Bertz CT molecular complexity index is 387. The maximum atomic E-state index is 5.52. The smallest absolute Gasteiger partial charge is 0.122 e. The average Bonchev–Trinajstić information content (AvgIpc) is 2.99. The molecule has 100 valence electrons. The van der Waals surface area contributed by atoms with E-state index < -0.39 is 0 Å². The number of nitrogens with zero attached hydrogens (tertiary/aromatic N) is 3. The van der Waals surface area contributed by atoms with E-state index in [-0.39, 0.29) is 0 Å². The predicted molar refractivity (Wildman–Crippen MR) is 67.2 cm³/mol. The van der Waals surface area contributed by atoms with Crippen molar-refractivity contribution in [1.29, 1.82) is 0 Å². The van der Waals surface area contributed by atoms with Gasteiger partial charge in [0.25, 0.3) is 0 Å². The number of imidazole rings is 1. The lowest BCUT2D eigenvalue weighted by atomic mass is 10.1. The van der Waals surface area contributed by atoms with E-state index in [1.165, 1.54) is 5.82 Å². The van der Waals surface area contributed by atoms with Gasteiger partial charge in [-0.15, -0.1) is 0 Å². The van der Waals surface area contributed by atoms with E-state index in [1.54, 1.807) is 7.11 Å². The molecule has 0 amide bonds. The zero-order valence-corrected chi connectivity index (χ0v) is 10.9. The molecule has 0 unspecified atom stereocenters. The van der Waals surface area contributed by atoms with E-state index in [9.17, 15) is 0 Å². The van der Waals surface area contributed by atoms with Gasteiger partial charge in [0.05, 0.1) is 19.8 Å². The molecule has 0 aliphatic carbocycles. The zero-order valence-electron chi connectivity index (χ0n) is 10.9. The highest BCUT2D eigenvalue weighted by Gasteiger charge is 2.29. The highest BCUT2D eigenvalue weighted by atomic mass is 16.5. The van der Waals surface area contributed by atoms with Crippen molar-refractivity contribution in [3.8, 4) is 0 Å². The van der Waals surface area contributed by atoms with Crippen molar-refractivity contribution in [3.63, 3.8) is 0 Å². The second kappa shape index (κ2) is 5.38. The maximum Gasteiger partial charge on any atom is 0.122 e. The van der Waals surface area contributed by atoms with Gasteiger partial charge in [-0.2, -0.15) is 0 Å². The van der Waals surface area contributed by atoms with Crippen LogP contribution in [0.3, 0.4) is 0 Å². The van der Waals surface area contributed by atoms with Crippen molar-refractivity contribution in [1.82, 2.24) is 14.5 Å². The van der Waals surface area contributed by atoms with E-state index in [4.69, 9.17) is 9.47 Å². The molecule has 3 rings (SSSR count). The second-order valence-electron chi connectivity index (χ2n) is 5.26. The van der Waals surface area contributed by atoms with Crippen LogP contribution in [0.15, 0.2) is 12.4 Å². The van der Waals surface area contributed by atoms with E-state index in [0.29, 0.717) is 12.0 Å². The van der Waals surface area contributed by atoms with Gasteiger partial charge < -0.3 is 14.0 Å². The summed E-state index contributed by atoms with van der Waals surface area (Å²) in [4.78, 5) is 6.99. The van der Waals surface area contributed by atoms with E-state index >= 15 is 0 Å². The van der Waals surface area contributed by atoms with Gasteiger partial charge in [0.1, 0.15) is 5.82 Å². The van der Waals surface area contributed by atoms with Gasteiger partial charge in [-0.25, -0.2) is 4.98 Å². The van der Waals surface area contributed by atoms with Crippen molar-refractivity contribution in [3.05, 3.63) is 18.2 Å². The normalized spacial score (nSPS) is 29.2. The maximum absolute atomic E-state index is 5.52. The van der Waals surface area contributed by atoms with Crippen LogP contribution in [0.1, 0.15) is 12.2 Å². The Kier molecular flexibility index (Phi) is 3.63. The van der Waals surface area contributed by atoms with Crippen LogP contribution in [-0.2, 0) is 22.6 Å². The van der Waals surface area contributed by atoms with Gasteiger partial charge in [-0.1, -0.05) is 0 Å². The first-order valence-corrected chi connectivity index (χ1v) is 6.67.